The highest BCUT2D eigenvalue weighted by atomic mass is 19.1. The molecule has 0 heterocycles. The molecule has 0 radical (unpaired) electrons. The molecule has 1 amide bonds. The molecule has 0 aliphatic carbocycles. The predicted octanol–water partition coefficient (Wildman–Crippen LogP) is -0.951. The smallest absolute Gasteiger partial charge is 0.464 e. The Morgan fingerprint density at radius 2 is 1.69 bits per heavy atom. The molecular weight excluding hydrogens is 348 g/mol. The molecule has 0 saturated carbocycles. The normalized spacial score (nSPS) is 10.8. The lowest BCUT2D eigenvalue weighted by molar-refractivity contribution is -0.168. The molecule has 0 spiro atoms. The first-order chi connectivity index (χ1) is 12.2. The van der Waals surface area contributed by atoms with Crippen molar-refractivity contribution < 1.29 is 38.3 Å². The average molecular weight is 369 g/mol. The van der Waals surface area contributed by atoms with Crippen LogP contribution in [0.1, 0.15) is 26.3 Å². The Kier molecular flexibility index (Phi) is 7.72. The fourth-order valence-electron chi connectivity index (χ4n) is 2.34. The quantitative estimate of drug-likeness (QED) is 0.307. The van der Waals surface area contributed by atoms with Crippen molar-refractivity contribution in [3.63, 3.8) is 0 Å². The summed E-state index contributed by atoms with van der Waals surface area (Å²) in [5, 5.41) is 20.4. The Morgan fingerprint density at radius 3 is 2.08 bits per heavy atom. The Hall–Kier alpha value is -2.46. The number of amides is 1. The van der Waals surface area contributed by atoms with Crippen LogP contribution >= 0.6 is 0 Å². The van der Waals surface area contributed by atoms with Crippen molar-refractivity contribution in [2.24, 2.45) is 0 Å². The molecule has 0 aromatic heterocycles. The van der Waals surface area contributed by atoms with E-state index in [0.717, 1.165) is 13.0 Å². The van der Waals surface area contributed by atoms with E-state index in [1.54, 1.807) is 0 Å². The van der Waals surface area contributed by atoms with E-state index in [4.69, 9.17) is 19.5 Å². The van der Waals surface area contributed by atoms with Gasteiger partial charge in [-0.15, -0.1) is 0 Å². The van der Waals surface area contributed by atoms with Gasteiger partial charge in [-0.25, -0.2) is 14.0 Å². The van der Waals surface area contributed by atoms with E-state index >= 15 is 0 Å². The summed E-state index contributed by atoms with van der Waals surface area (Å²) in [4.78, 5) is 36.5. The van der Waals surface area contributed by atoms with Crippen LogP contribution in [0.15, 0.2) is 18.2 Å². The van der Waals surface area contributed by atoms with E-state index in [9.17, 15) is 18.8 Å². The number of halogens is 1. The number of hydrogen-bond donors (Lipinski definition) is 3. The number of rotatable bonds is 8. The zero-order valence-corrected chi connectivity index (χ0v) is 14.7. The first kappa shape index (κ1) is 21.6. The Bertz CT molecular complexity index is 663. The van der Waals surface area contributed by atoms with Crippen molar-refractivity contribution in [3.8, 4) is 0 Å². The van der Waals surface area contributed by atoms with Gasteiger partial charge in [-0.1, -0.05) is 12.1 Å². The van der Waals surface area contributed by atoms with Crippen molar-refractivity contribution in [3.05, 3.63) is 29.6 Å². The Morgan fingerprint density at radius 1 is 1.15 bits per heavy atom. The summed E-state index contributed by atoms with van der Waals surface area (Å²) in [5.41, 5.74) is -2.49. The van der Waals surface area contributed by atoms with Crippen LogP contribution < -0.4 is 10.8 Å². The molecule has 10 heteroatoms. The monoisotopic (exact) mass is 369 g/mol. The largest absolute Gasteiger partial charge is 0.488 e. The van der Waals surface area contributed by atoms with Gasteiger partial charge in [0, 0.05) is 13.3 Å². The molecule has 0 aliphatic heterocycles. The molecule has 1 rings (SSSR count). The number of nitrogens with one attached hydrogen (secondary N) is 1. The molecular formula is C16H21BFNO7. The average Bonchev–Trinajstić information content (AvgIpc) is 2.55. The zero-order chi connectivity index (χ0) is 19.9. The maximum absolute atomic E-state index is 14.3. The predicted molar refractivity (Wildman–Crippen MR) is 89.7 cm³/mol. The third kappa shape index (κ3) is 5.02. The van der Waals surface area contributed by atoms with Crippen molar-refractivity contribution in [2.45, 2.75) is 32.7 Å². The summed E-state index contributed by atoms with van der Waals surface area (Å²) < 4.78 is 24.1. The van der Waals surface area contributed by atoms with Crippen molar-refractivity contribution >= 4 is 30.4 Å². The topological polar surface area (TPSA) is 122 Å². The van der Waals surface area contributed by atoms with Gasteiger partial charge in [0.25, 0.3) is 0 Å². The molecule has 0 bridgehead atoms. The number of carbonyl (C=O) groups is 3. The van der Waals surface area contributed by atoms with Crippen LogP contribution in [0.2, 0.25) is 0 Å². The maximum atomic E-state index is 14.3. The molecule has 142 valence electrons. The SMILES string of the molecule is CCOC(=O)C(Cc1ccc(B(O)O)cc1F)(NC(C)=O)C(=O)OCC. The van der Waals surface area contributed by atoms with E-state index in [-0.39, 0.29) is 24.2 Å². The van der Waals surface area contributed by atoms with Gasteiger partial charge in [0.05, 0.1) is 13.2 Å². The second-order valence-corrected chi connectivity index (χ2v) is 5.43. The molecule has 8 nitrogen and oxygen atoms in total. The van der Waals surface area contributed by atoms with Crippen molar-refractivity contribution in [1.82, 2.24) is 5.32 Å². The van der Waals surface area contributed by atoms with Gasteiger partial charge in [-0.2, -0.15) is 0 Å². The second-order valence-electron chi connectivity index (χ2n) is 5.43. The second kappa shape index (κ2) is 9.30. The van der Waals surface area contributed by atoms with E-state index in [1.165, 1.54) is 26.0 Å². The summed E-state index contributed by atoms with van der Waals surface area (Å²) >= 11 is 0. The Labute approximate surface area is 150 Å². The van der Waals surface area contributed by atoms with Gasteiger partial charge in [-0.05, 0) is 30.9 Å². The summed E-state index contributed by atoms with van der Waals surface area (Å²) in [7, 11) is -1.88. The minimum atomic E-state index is -2.27. The minimum absolute atomic E-state index is 0.0717. The number of hydrogen-bond acceptors (Lipinski definition) is 7. The highest BCUT2D eigenvalue weighted by Crippen LogP contribution is 2.20. The maximum Gasteiger partial charge on any atom is 0.488 e. The van der Waals surface area contributed by atoms with Gasteiger partial charge in [0.15, 0.2) is 0 Å². The van der Waals surface area contributed by atoms with Gasteiger partial charge in [-0.3, -0.25) is 4.79 Å². The van der Waals surface area contributed by atoms with Crippen molar-refractivity contribution in [1.29, 1.82) is 0 Å². The van der Waals surface area contributed by atoms with Crippen LogP contribution in [-0.2, 0) is 30.3 Å². The first-order valence-corrected chi connectivity index (χ1v) is 7.95. The van der Waals surface area contributed by atoms with E-state index in [2.05, 4.69) is 5.32 Å². The third-order valence-electron chi connectivity index (χ3n) is 3.47. The number of esters is 2. The fourth-order valence-corrected chi connectivity index (χ4v) is 2.34. The lowest BCUT2D eigenvalue weighted by Crippen LogP contribution is -2.62. The van der Waals surface area contributed by atoms with Gasteiger partial charge in [0.2, 0.25) is 11.4 Å². The van der Waals surface area contributed by atoms with Gasteiger partial charge >= 0.3 is 19.1 Å². The van der Waals surface area contributed by atoms with Crippen LogP contribution in [0.5, 0.6) is 0 Å². The van der Waals surface area contributed by atoms with E-state index < -0.39 is 42.7 Å². The van der Waals surface area contributed by atoms with Crippen molar-refractivity contribution in [2.75, 3.05) is 13.2 Å². The van der Waals surface area contributed by atoms with Gasteiger partial charge < -0.3 is 24.8 Å². The summed E-state index contributed by atoms with van der Waals surface area (Å²) in [6, 6.07) is 3.26. The lowest BCUT2D eigenvalue weighted by Gasteiger charge is -2.30. The number of benzene rings is 1. The summed E-state index contributed by atoms with van der Waals surface area (Å²) in [6.45, 7) is 3.98. The summed E-state index contributed by atoms with van der Waals surface area (Å²) in [6.07, 6.45) is -0.572. The molecule has 3 N–H and O–H groups in total. The molecule has 1 aromatic rings. The molecule has 0 saturated heterocycles. The fraction of sp³-hybridized carbons (Fsp3) is 0.438. The summed E-state index contributed by atoms with van der Waals surface area (Å²) in [5.74, 6) is -3.77. The lowest BCUT2D eigenvalue weighted by atomic mass is 9.79. The van der Waals surface area contributed by atoms with Crippen LogP contribution in [0, 0.1) is 5.82 Å². The number of carbonyl (C=O) groups excluding carboxylic acids is 3. The number of ether oxygens (including phenoxy) is 2. The van der Waals surface area contributed by atoms with Crippen LogP contribution in [0.3, 0.4) is 0 Å². The highest BCUT2D eigenvalue weighted by molar-refractivity contribution is 6.58. The Balaban J connectivity index is 3.40. The van der Waals surface area contributed by atoms with Crippen LogP contribution in [-0.4, -0.2) is 53.8 Å². The highest BCUT2D eigenvalue weighted by Gasteiger charge is 2.50. The standard InChI is InChI=1S/C16H21BFNO7/c1-4-25-14(21)16(19-10(3)20,15(22)26-5-2)9-11-6-7-12(17(23)24)8-13(11)18/h6-8,23-24H,4-5,9H2,1-3H3,(H,19,20). The molecule has 0 atom stereocenters. The van der Waals surface area contributed by atoms with E-state index in [1.807, 2.05) is 0 Å². The van der Waals surface area contributed by atoms with Gasteiger partial charge in [0.1, 0.15) is 5.82 Å². The molecule has 0 aliphatic rings. The molecule has 1 aromatic carbocycles. The van der Waals surface area contributed by atoms with Crippen LogP contribution in [0.4, 0.5) is 4.39 Å². The van der Waals surface area contributed by atoms with Crippen LogP contribution in [0.25, 0.3) is 0 Å². The zero-order valence-electron chi connectivity index (χ0n) is 14.7. The minimum Gasteiger partial charge on any atom is -0.464 e. The molecule has 0 fully saturated rings. The third-order valence-corrected chi connectivity index (χ3v) is 3.47. The molecule has 0 unspecified atom stereocenters. The first-order valence-electron chi connectivity index (χ1n) is 7.95. The molecule has 26 heavy (non-hydrogen) atoms. The van der Waals surface area contributed by atoms with E-state index in [0.29, 0.717) is 0 Å².